The minimum atomic E-state index is -1.08. The molecule has 7 nitrogen and oxygen atoms in total. The number of Topliss-reactive ketones (excluding diaryl/α,β-unsaturated/α-hetero) is 2. The van der Waals surface area contributed by atoms with Gasteiger partial charge in [-0.3, -0.25) is 14.4 Å². The van der Waals surface area contributed by atoms with Crippen LogP contribution in [-0.2, 0) is 14.3 Å². The summed E-state index contributed by atoms with van der Waals surface area (Å²) in [6, 6.07) is 11.8. The van der Waals surface area contributed by atoms with Crippen LogP contribution >= 0.6 is 0 Å². The quantitative estimate of drug-likeness (QED) is 0.419. The number of hydrogen-bond donors (Lipinski definition) is 1. The molecule has 2 aliphatic rings. The third kappa shape index (κ3) is 4.02. The van der Waals surface area contributed by atoms with Crippen LogP contribution in [0.4, 0.5) is 0 Å². The van der Waals surface area contributed by atoms with E-state index >= 15 is 0 Å². The van der Waals surface area contributed by atoms with Gasteiger partial charge in [0.05, 0.1) is 32.1 Å². The number of ketones is 2. The van der Waals surface area contributed by atoms with Gasteiger partial charge in [-0.05, 0) is 17.7 Å². The third-order valence-corrected chi connectivity index (χ3v) is 5.72. The Bertz CT molecular complexity index is 859. The second kappa shape index (κ2) is 8.71. The lowest BCUT2D eigenvalue weighted by Crippen LogP contribution is -3.14. The molecular weight excluding hydrogens is 372 g/mol. The topological polar surface area (TPSA) is 81.3 Å². The lowest BCUT2D eigenvalue weighted by atomic mass is 9.88. The van der Waals surface area contributed by atoms with Gasteiger partial charge in [-0.15, -0.1) is 0 Å². The van der Waals surface area contributed by atoms with E-state index in [0.29, 0.717) is 6.54 Å². The van der Waals surface area contributed by atoms with Crippen LogP contribution in [0.1, 0.15) is 28.6 Å². The highest BCUT2D eigenvalue weighted by atomic mass is 16.5. The standard InChI is InChI=1S/C22H24N2O5/c25-20(17-8-4-13-29-17)18-19(16-6-2-1-3-7-16)24(22(27)21(18)26)10-5-9-23-11-14-28-15-12-23/h1-4,6-8,13,18-19H,5,9-12,14-15H2/p+1. The number of amides is 1. The summed E-state index contributed by atoms with van der Waals surface area (Å²) in [7, 11) is 0. The average Bonchev–Trinajstić information content (AvgIpc) is 3.38. The van der Waals surface area contributed by atoms with Crippen LogP contribution in [0.3, 0.4) is 0 Å². The summed E-state index contributed by atoms with van der Waals surface area (Å²) < 4.78 is 10.6. The van der Waals surface area contributed by atoms with E-state index in [9.17, 15) is 14.4 Å². The predicted octanol–water partition coefficient (Wildman–Crippen LogP) is 0.536. The van der Waals surface area contributed by atoms with Gasteiger partial charge in [-0.2, -0.15) is 0 Å². The monoisotopic (exact) mass is 397 g/mol. The molecule has 7 heteroatoms. The van der Waals surface area contributed by atoms with Crippen molar-refractivity contribution in [3.8, 4) is 0 Å². The Morgan fingerprint density at radius 2 is 1.83 bits per heavy atom. The van der Waals surface area contributed by atoms with Gasteiger partial charge < -0.3 is 19.0 Å². The van der Waals surface area contributed by atoms with Crippen LogP contribution < -0.4 is 4.90 Å². The molecule has 1 N–H and O–H groups in total. The fourth-order valence-electron chi connectivity index (χ4n) is 4.23. The van der Waals surface area contributed by atoms with Crippen molar-refractivity contribution in [3.63, 3.8) is 0 Å². The van der Waals surface area contributed by atoms with Crippen molar-refractivity contribution in [2.75, 3.05) is 39.4 Å². The molecule has 2 unspecified atom stereocenters. The summed E-state index contributed by atoms with van der Waals surface area (Å²) in [5, 5.41) is 0. The Hall–Kier alpha value is -2.77. The van der Waals surface area contributed by atoms with E-state index in [-0.39, 0.29) is 5.76 Å². The summed E-state index contributed by atoms with van der Waals surface area (Å²) >= 11 is 0. The van der Waals surface area contributed by atoms with Crippen molar-refractivity contribution >= 4 is 17.5 Å². The Balaban J connectivity index is 1.56. The van der Waals surface area contributed by atoms with E-state index in [4.69, 9.17) is 9.15 Å². The number of likely N-dealkylation sites (tertiary alicyclic amines) is 1. The van der Waals surface area contributed by atoms with Crippen LogP contribution in [0, 0.1) is 5.92 Å². The molecular formula is C22H25N2O5+. The molecule has 0 spiro atoms. The summed E-state index contributed by atoms with van der Waals surface area (Å²) in [5.74, 6) is -2.65. The summed E-state index contributed by atoms with van der Waals surface area (Å²) in [4.78, 5) is 41.7. The maximum atomic E-state index is 13.0. The van der Waals surface area contributed by atoms with E-state index in [0.717, 1.165) is 44.8 Å². The van der Waals surface area contributed by atoms with Crippen molar-refractivity contribution in [1.29, 1.82) is 0 Å². The lowest BCUT2D eigenvalue weighted by molar-refractivity contribution is -0.908. The molecule has 4 rings (SSSR count). The smallest absolute Gasteiger partial charge is 0.291 e. The Morgan fingerprint density at radius 1 is 1.07 bits per heavy atom. The number of morpholine rings is 1. The highest BCUT2D eigenvalue weighted by Gasteiger charge is 2.52. The highest BCUT2D eigenvalue weighted by Crippen LogP contribution is 2.38. The Labute approximate surface area is 169 Å². The number of carbonyl (C=O) groups excluding carboxylic acids is 3. The van der Waals surface area contributed by atoms with Crippen LogP contribution in [-0.4, -0.2) is 61.8 Å². The van der Waals surface area contributed by atoms with Crippen molar-refractivity contribution < 1.29 is 28.4 Å². The van der Waals surface area contributed by atoms with Crippen molar-refractivity contribution in [1.82, 2.24) is 4.90 Å². The molecule has 3 heterocycles. The summed E-state index contributed by atoms with van der Waals surface area (Å²) in [6.45, 7) is 4.75. The van der Waals surface area contributed by atoms with Crippen LogP contribution in [0.15, 0.2) is 53.1 Å². The van der Waals surface area contributed by atoms with Gasteiger partial charge in [0.1, 0.15) is 19.0 Å². The van der Waals surface area contributed by atoms with Crippen LogP contribution in [0.2, 0.25) is 0 Å². The molecule has 2 fully saturated rings. The fourth-order valence-corrected chi connectivity index (χ4v) is 4.23. The molecule has 1 amide bonds. The van der Waals surface area contributed by atoms with Crippen LogP contribution in [0.5, 0.6) is 0 Å². The van der Waals surface area contributed by atoms with Gasteiger partial charge >= 0.3 is 0 Å². The second-order valence-corrected chi connectivity index (χ2v) is 7.50. The maximum Gasteiger partial charge on any atom is 0.291 e. The van der Waals surface area contributed by atoms with E-state index in [2.05, 4.69) is 0 Å². The molecule has 2 saturated heterocycles. The van der Waals surface area contributed by atoms with Crippen LogP contribution in [0.25, 0.3) is 0 Å². The predicted molar refractivity (Wildman–Crippen MR) is 103 cm³/mol. The third-order valence-electron chi connectivity index (χ3n) is 5.72. The lowest BCUT2D eigenvalue weighted by Gasteiger charge is -2.28. The first-order valence-corrected chi connectivity index (χ1v) is 10.1. The molecule has 0 bridgehead atoms. The number of furan rings is 1. The van der Waals surface area contributed by atoms with E-state index in [1.54, 1.807) is 11.0 Å². The van der Waals surface area contributed by atoms with E-state index in [1.165, 1.54) is 17.2 Å². The van der Waals surface area contributed by atoms with Gasteiger partial charge in [0, 0.05) is 13.0 Å². The fraction of sp³-hybridized carbons (Fsp3) is 0.409. The molecule has 1 aromatic carbocycles. The Morgan fingerprint density at radius 3 is 2.52 bits per heavy atom. The molecule has 0 saturated carbocycles. The zero-order valence-electron chi connectivity index (χ0n) is 16.2. The molecule has 2 atom stereocenters. The SMILES string of the molecule is O=C1C(=O)N(CCC[NH+]2CCOCC2)C(c2ccccc2)C1C(=O)c1ccco1. The first-order chi connectivity index (χ1) is 14.2. The van der Waals surface area contributed by atoms with E-state index in [1.807, 2.05) is 30.3 Å². The van der Waals surface area contributed by atoms with Gasteiger partial charge in [0.2, 0.25) is 11.6 Å². The maximum absolute atomic E-state index is 13.0. The second-order valence-electron chi connectivity index (χ2n) is 7.50. The van der Waals surface area contributed by atoms with Gasteiger partial charge in [0.15, 0.2) is 5.76 Å². The minimum absolute atomic E-state index is 0.108. The number of ether oxygens (including phenoxy) is 1. The number of carbonyl (C=O) groups is 3. The van der Waals surface area contributed by atoms with Crippen molar-refractivity contribution in [2.45, 2.75) is 12.5 Å². The largest absolute Gasteiger partial charge is 0.461 e. The van der Waals surface area contributed by atoms with E-state index < -0.39 is 29.4 Å². The number of nitrogens with one attached hydrogen (secondary N) is 1. The van der Waals surface area contributed by atoms with Crippen molar-refractivity contribution in [3.05, 3.63) is 60.1 Å². The number of benzene rings is 1. The first-order valence-electron chi connectivity index (χ1n) is 10.1. The Kier molecular flexibility index (Phi) is 5.87. The normalized spacial score (nSPS) is 23.0. The number of hydrogen-bond acceptors (Lipinski definition) is 5. The van der Waals surface area contributed by atoms with Gasteiger partial charge in [-0.1, -0.05) is 30.3 Å². The molecule has 2 aliphatic heterocycles. The number of rotatable bonds is 7. The molecule has 29 heavy (non-hydrogen) atoms. The highest BCUT2D eigenvalue weighted by molar-refractivity contribution is 6.43. The number of nitrogens with zero attached hydrogens (tertiary/aromatic N) is 1. The minimum Gasteiger partial charge on any atom is -0.461 e. The molecule has 0 radical (unpaired) electrons. The molecule has 0 aliphatic carbocycles. The first kappa shape index (κ1) is 19.5. The van der Waals surface area contributed by atoms with Gasteiger partial charge in [-0.25, -0.2) is 0 Å². The van der Waals surface area contributed by atoms with Gasteiger partial charge in [0.25, 0.3) is 5.91 Å². The molecule has 1 aromatic heterocycles. The number of quaternary nitrogens is 1. The average molecular weight is 397 g/mol. The summed E-state index contributed by atoms with van der Waals surface area (Å²) in [6.07, 6.45) is 2.16. The zero-order valence-corrected chi connectivity index (χ0v) is 16.2. The zero-order chi connectivity index (χ0) is 20.2. The molecule has 2 aromatic rings. The molecule has 152 valence electrons. The summed E-state index contributed by atoms with van der Waals surface area (Å²) in [5.41, 5.74) is 0.787. The van der Waals surface area contributed by atoms with Crippen molar-refractivity contribution in [2.24, 2.45) is 5.92 Å².